The number of nitrogens with zero attached hydrogens (tertiary/aromatic N) is 3. The second-order valence-corrected chi connectivity index (χ2v) is 7.82. The molecule has 1 fully saturated rings. The molecule has 1 saturated heterocycles. The molecule has 0 radical (unpaired) electrons. The van der Waals surface area contributed by atoms with Crippen molar-refractivity contribution in [2.45, 2.75) is 32.8 Å². The molecule has 1 aromatic heterocycles. The maximum Gasteiger partial charge on any atom is 0.410 e. The zero-order valence-corrected chi connectivity index (χ0v) is 15.5. The molecule has 2 heterocycles. The van der Waals surface area contributed by atoms with Crippen molar-refractivity contribution in [1.29, 1.82) is 0 Å². The Morgan fingerprint density at radius 3 is 2.80 bits per heavy atom. The van der Waals surface area contributed by atoms with Gasteiger partial charge in [-0.3, -0.25) is 0 Å². The van der Waals surface area contributed by atoms with Crippen LogP contribution in [0.15, 0.2) is 36.4 Å². The van der Waals surface area contributed by atoms with Crippen LogP contribution in [0.25, 0.3) is 10.9 Å². The van der Waals surface area contributed by atoms with E-state index in [-0.39, 0.29) is 6.09 Å². The molecule has 0 spiro atoms. The van der Waals surface area contributed by atoms with Crippen LogP contribution < -0.4 is 4.90 Å². The van der Waals surface area contributed by atoms with E-state index in [2.05, 4.69) is 23.1 Å². The molecule has 1 aliphatic heterocycles. The molecule has 25 heavy (non-hydrogen) atoms. The minimum atomic E-state index is -0.456. The number of para-hydroxylation sites is 1. The fraction of sp³-hybridized carbons (Fsp3) is 0.500. The van der Waals surface area contributed by atoms with Crippen molar-refractivity contribution < 1.29 is 9.53 Å². The minimum Gasteiger partial charge on any atom is -0.444 e. The summed E-state index contributed by atoms with van der Waals surface area (Å²) >= 11 is 0. The summed E-state index contributed by atoms with van der Waals surface area (Å²) in [4.78, 5) is 20.9. The summed E-state index contributed by atoms with van der Waals surface area (Å²) in [6.07, 6.45) is 0.802. The smallest absolute Gasteiger partial charge is 0.410 e. The summed E-state index contributed by atoms with van der Waals surface area (Å²) in [5.74, 6) is 1.45. The van der Waals surface area contributed by atoms with Crippen LogP contribution in [0.2, 0.25) is 0 Å². The van der Waals surface area contributed by atoms with Crippen molar-refractivity contribution in [3.8, 4) is 0 Å². The fourth-order valence-electron chi connectivity index (χ4n) is 3.22. The van der Waals surface area contributed by atoms with Gasteiger partial charge in [-0.1, -0.05) is 18.2 Å². The molecule has 134 valence electrons. The van der Waals surface area contributed by atoms with Crippen LogP contribution in [0.4, 0.5) is 10.6 Å². The van der Waals surface area contributed by atoms with E-state index in [1.807, 2.05) is 46.0 Å². The monoisotopic (exact) mass is 341 g/mol. The molecule has 3 rings (SSSR count). The topological polar surface area (TPSA) is 45.7 Å². The molecule has 1 aliphatic rings. The lowest BCUT2D eigenvalue weighted by atomic mass is 10.1. The third-order valence-electron chi connectivity index (χ3n) is 4.43. The summed E-state index contributed by atoms with van der Waals surface area (Å²) in [6, 6.07) is 12.4. The van der Waals surface area contributed by atoms with E-state index in [1.165, 1.54) is 0 Å². The average Bonchev–Trinajstić information content (AvgIpc) is 3.01. The number of hydrogen-bond donors (Lipinski definition) is 0. The highest BCUT2D eigenvalue weighted by Crippen LogP contribution is 2.25. The summed E-state index contributed by atoms with van der Waals surface area (Å²) < 4.78 is 5.43. The van der Waals surface area contributed by atoms with Crippen molar-refractivity contribution in [2.24, 2.45) is 5.92 Å². The Hall–Kier alpha value is -2.30. The van der Waals surface area contributed by atoms with Crippen LogP contribution in [0.5, 0.6) is 0 Å². The molecule has 5 nitrogen and oxygen atoms in total. The molecule has 1 amide bonds. The highest BCUT2D eigenvalue weighted by molar-refractivity contribution is 5.80. The first-order valence-electron chi connectivity index (χ1n) is 8.87. The number of pyridine rings is 1. The molecule has 1 unspecified atom stereocenters. The van der Waals surface area contributed by atoms with Crippen LogP contribution in [-0.4, -0.2) is 48.3 Å². The van der Waals surface area contributed by atoms with Gasteiger partial charge >= 0.3 is 6.09 Å². The van der Waals surface area contributed by atoms with Crippen molar-refractivity contribution in [2.75, 3.05) is 31.6 Å². The van der Waals surface area contributed by atoms with E-state index in [9.17, 15) is 4.79 Å². The molecule has 0 saturated carbocycles. The zero-order valence-electron chi connectivity index (χ0n) is 15.5. The van der Waals surface area contributed by atoms with E-state index in [1.54, 1.807) is 4.90 Å². The number of rotatable bonds is 3. The first-order valence-corrected chi connectivity index (χ1v) is 8.87. The molecule has 0 aliphatic carbocycles. The van der Waals surface area contributed by atoms with Gasteiger partial charge in [-0.25, -0.2) is 9.78 Å². The number of benzene rings is 1. The molecule has 2 aromatic rings. The predicted octanol–water partition coefficient (Wildman–Crippen LogP) is 3.93. The lowest BCUT2D eigenvalue weighted by Gasteiger charge is -2.26. The second-order valence-electron chi connectivity index (χ2n) is 7.82. The zero-order chi connectivity index (χ0) is 18.0. The number of anilines is 1. The van der Waals surface area contributed by atoms with Gasteiger partial charge in [-0.15, -0.1) is 0 Å². The van der Waals surface area contributed by atoms with Crippen LogP contribution >= 0.6 is 0 Å². The Labute approximate surface area is 149 Å². The maximum atomic E-state index is 12.1. The van der Waals surface area contributed by atoms with Crippen LogP contribution in [0.1, 0.15) is 27.2 Å². The van der Waals surface area contributed by atoms with Crippen molar-refractivity contribution in [1.82, 2.24) is 9.88 Å². The van der Waals surface area contributed by atoms with Gasteiger partial charge in [0.25, 0.3) is 0 Å². The fourth-order valence-corrected chi connectivity index (χ4v) is 3.22. The van der Waals surface area contributed by atoms with Gasteiger partial charge in [-0.05, 0) is 51.3 Å². The van der Waals surface area contributed by atoms with Gasteiger partial charge in [0.1, 0.15) is 11.4 Å². The van der Waals surface area contributed by atoms with Gasteiger partial charge in [0.15, 0.2) is 0 Å². The van der Waals surface area contributed by atoms with Gasteiger partial charge in [-0.2, -0.15) is 0 Å². The summed E-state index contributed by atoms with van der Waals surface area (Å²) in [7, 11) is 1.81. The van der Waals surface area contributed by atoms with Gasteiger partial charge in [0, 0.05) is 32.1 Å². The maximum absolute atomic E-state index is 12.1. The highest BCUT2D eigenvalue weighted by atomic mass is 16.6. The van der Waals surface area contributed by atoms with Crippen LogP contribution in [-0.2, 0) is 4.74 Å². The Balaban J connectivity index is 1.60. The third-order valence-corrected chi connectivity index (χ3v) is 4.43. The van der Waals surface area contributed by atoms with Crippen molar-refractivity contribution in [3.05, 3.63) is 36.4 Å². The SMILES string of the molecule is CN(CC1CCN(c2ccc3ccccc3n2)C1)C(=O)OC(C)(C)C. The largest absolute Gasteiger partial charge is 0.444 e. The average molecular weight is 341 g/mol. The summed E-state index contributed by atoms with van der Waals surface area (Å²) in [5, 5.41) is 1.16. The normalized spacial score (nSPS) is 17.8. The molecular weight excluding hydrogens is 314 g/mol. The van der Waals surface area contributed by atoms with Crippen molar-refractivity contribution >= 4 is 22.8 Å². The Bertz CT molecular complexity index is 754. The summed E-state index contributed by atoms with van der Waals surface area (Å²) in [5.41, 5.74) is 0.566. The number of ether oxygens (including phenoxy) is 1. The quantitative estimate of drug-likeness (QED) is 0.849. The lowest BCUT2D eigenvalue weighted by molar-refractivity contribution is 0.0277. The number of carbonyl (C=O) groups is 1. The number of fused-ring (bicyclic) bond motifs is 1. The minimum absolute atomic E-state index is 0.255. The Morgan fingerprint density at radius 1 is 1.28 bits per heavy atom. The molecule has 1 atom stereocenters. The van der Waals surface area contributed by atoms with Gasteiger partial charge < -0.3 is 14.5 Å². The van der Waals surface area contributed by atoms with E-state index in [4.69, 9.17) is 9.72 Å². The van der Waals surface area contributed by atoms with E-state index < -0.39 is 5.60 Å². The van der Waals surface area contributed by atoms with Gasteiger partial charge in [0.05, 0.1) is 5.52 Å². The number of hydrogen-bond acceptors (Lipinski definition) is 4. The first kappa shape index (κ1) is 17.5. The van der Waals surface area contributed by atoms with Crippen LogP contribution in [0.3, 0.4) is 0 Å². The van der Waals surface area contributed by atoms with E-state index in [0.717, 1.165) is 36.2 Å². The standard InChI is InChI=1S/C20H27N3O2/c1-20(2,3)25-19(24)22(4)13-15-11-12-23(14-15)18-10-9-16-7-5-6-8-17(16)21-18/h5-10,15H,11-14H2,1-4H3. The number of aromatic nitrogens is 1. The van der Waals surface area contributed by atoms with Crippen LogP contribution in [0, 0.1) is 5.92 Å². The molecule has 0 bridgehead atoms. The second kappa shape index (κ2) is 6.90. The summed E-state index contributed by atoms with van der Waals surface area (Å²) in [6.45, 7) is 8.26. The Kier molecular flexibility index (Phi) is 4.84. The van der Waals surface area contributed by atoms with Crippen molar-refractivity contribution in [3.63, 3.8) is 0 Å². The molecule has 0 N–H and O–H groups in total. The number of amides is 1. The third kappa shape index (κ3) is 4.41. The molecule has 1 aromatic carbocycles. The van der Waals surface area contributed by atoms with E-state index in [0.29, 0.717) is 12.5 Å². The van der Waals surface area contributed by atoms with Gasteiger partial charge in [0.2, 0.25) is 0 Å². The predicted molar refractivity (Wildman–Crippen MR) is 101 cm³/mol. The first-order chi connectivity index (χ1) is 11.8. The highest BCUT2D eigenvalue weighted by Gasteiger charge is 2.27. The molecular formula is C20H27N3O2. The number of carbonyl (C=O) groups excluding carboxylic acids is 1. The lowest BCUT2D eigenvalue weighted by Crippen LogP contribution is -2.37. The molecule has 5 heteroatoms. The Morgan fingerprint density at radius 2 is 2.04 bits per heavy atom. The van der Waals surface area contributed by atoms with E-state index >= 15 is 0 Å².